The van der Waals surface area contributed by atoms with Crippen LogP contribution in [-0.2, 0) is 28.7 Å². The highest BCUT2D eigenvalue weighted by Gasteiger charge is 2.63. The van der Waals surface area contributed by atoms with Crippen molar-refractivity contribution in [3.63, 3.8) is 0 Å². The summed E-state index contributed by atoms with van der Waals surface area (Å²) in [4.78, 5) is 78.8. The van der Waals surface area contributed by atoms with Crippen molar-refractivity contribution in [2.24, 2.45) is 29.6 Å². The van der Waals surface area contributed by atoms with Crippen molar-refractivity contribution in [1.82, 2.24) is 9.80 Å². The number of ether oxygens (including phenoxy) is 2. The monoisotopic (exact) mass is 510 g/mol. The summed E-state index contributed by atoms with van der Waals surface area (Å²) in [6.45, 7) is 3.43. The fourth-order valence-corrected chi connectivity index (χ4v) is 6.67. The summed E-state index contributed by atoms with van der Waals surface area (Å²) in [6, 6.07) is 3.45. The van der Waals surface area contributed by atoms with Gasteiger partial charge < -0.3 is 14.6 Å². The molecular weight excluding hydrogens is 484 g/mol. The molecule has 3 fully saturated rings. The maximum absolute atomic E-state index is 13.5. The zero-order chi connectivity index (χ0) is 26.9. The third-order valence-electron chi connectivity index (χ3n) is 8.24. The molecule has 0 spiro atoms. The number of benzene rings is 1. The van der Waals surface area contributed by atoms with E-state index in [1.807, 2.05) is 6.08 Å². The maximum Gasteiger partial charge on any atom is 0.423 e. The molecule has 1 saturated carbocycles. The summed E-state index contributed by atoms with van der Waals surface area (Å²) in [6.07, 6.45) is -0.114. The van der Waals surface area contributed by atoms with Crippen LogP contribution in [0.2, 0.25) is 0 Å². The van der Waals surface area contributed by atoms with Crippen LogP contribution < -0.4 is 0 Å². The molecule has 2 heterocycles. The SMILES string of the molecule is COC(=O)N1C(=O)C2CC=C3C(CC4C(=O)N(C(=O)OC)C(=O)C4C3c3cc(C)c(O)c(C)c3)C2C1=O. The molecule has 6 amide bonds. The van der Waals surface area contributed by atoms with Crippen LogP contribution in [0.3, 0.4) is 0 Å². The lowest BCUT2D eigenvalue weighted by atomic mass is 9.57. The average molecular weight is 510 g/mol. The van der Waals surface area contributed by atoms with Gasteiger partial charge in [-0.1, -0.05) is 23.8 Å². The summed E-state index contributed by atoms with van der Waals surface area (Å²) >= 11 is 0. The maximum atomic E-state index is 13.5. The van der Waals surface area contributed by atoms with Crippen molar-refractivity contribution < 1.29 is 43.3 Å². The highest BCUT2D eigenvalue weighted by Crippen LogP contribution is 2.58. The number of phenolic OH excluding ortho intramolecular Hbond substituents is 1. The van der Waals surface area contributed by atoms with Crippen molar-refractivity contribution >= 4 is 35.8 Å². The molecule has 1 aromatic carbocycles. The number of phenols is 1. The number of hydrogen-bond acceptors (Lipinski definition) is 9. The second-order valence-corrected chi connectivity index (χ2v) is 9.99. The molecule has 2 aliphatic heterocycles. The molecule has 5 rings (SSSR count). The van der Waals surface area contributed by atoms with Crippen molar-refractivity contribution in [3.8, 4) is 5.75 Å². The smallest absolute Gasteiger partial charge is 0.423 e. The average Bonchev–Trinajstić information content (AvgIpc) is 3.28. The quantitative estimate of drug-likeness (QED) is 0.443. The van der Waals surface area contributed by atoms with E-state index in [-0.39, 0.29) is 18.6 Å². The molecule has 1 N–H and O–H groups in total. The van der Waals surface area contributed by atoms with Gasteiger partial charge in [0, 0.05) is 5.92 Å². The van der Waals surface area contributed by atoms with Gasteiger partial charge in [0.1, 0.15) is 5.75 Å². The lowest BCUT2D eigenvalue weighted by molar-refractivity contribution is -0.139. The molecule has 2 saturated heterocycles. The van der Waals surface area contributed by atoms with Crippen LogP contribution in [-0.4, -0.2) is 64.9 Å². The van der Waals surface area contributed by atoms with Gasteiger partial charge in [0.05, 0.1) is 37.9 Å². The van der Waals surface area contributed by atoms with Crippen LogP contribution in [0, 0.1) is 43.4 Å². The highest BCUT2D eigenvalue weighted by atomic mass is 16.5. The molecule has 37 heavy (non-hydrogen) atoms. The van der Waals surface area contributed by atoms with E-state index in [1.165, 1.54) is 0 Å². The van der Waals surface area contributed by atoms with Gasteiger partial charge >= 0.3 is 12.2 Å². The van der Waals surface area contributed by atoms with Gasteiger partial charge in [0.25, 0.3) is 0 Å². The van der Waals surface area contributed by atoms with Gasteiger partial charge in [0.2, 0.25) is 23.6 Å². The van der Waals surface area contributed by atoms with Crippen LogP contribution in [0.15, 0.2) is 23.8 Å². The molecule has 0 bridgehead atoms. The third kappa shape index (κ3) is 3.32. The zero-order valence-corrected chi connectivity index (χ0v) is 20.7. The topological polar surface area (TPSA) is 148 Å². The summed E-state index contributed by atoms with van der Waals surface area (Å²) in [7, 11) is 2.15. The minimum Gasteiger partial charge on any atom is -0.507 e. The molecular formula is C26H26N2O9. The molecule has 11 nitrogen and oxygen atoms in total. The van der Waals surface area contributed by atoms with E-state index in [0.717, 1.165) is 14.2 Å². The van der Waals surface area contributed by atoms with Crippen LogP contribution >= 0.6 is 0 Å². The normalized spacial score (nSPS) is 30.5. The molecule has 0 radical (unpaired) electrons. The molecule has 1 aromatic rings. The Morgan fingerprint density at radius 1 is 0.811 bits per heavy atom. The lowest BCUT2D eigenvalue weighted by Gasteiger charge is -2.44. The van der Waals surface area contributed by atoms with E-state index in [4.69, 9.17) is 0 Å². The zero-order valence-electron chi connectivity index (χ0n) is 20.7. The van der Waals surface area contributed by atoms with E-state index in [1.54, 1.807) is 26.0 Å². The highest BCUT2D eigenvalue weighted by molar-refractivity contribution is 6.17. The Morgan fingerprint density at radius 2 is 1.32 bits per heavy atom. The van der Waals surface area contributed by atoms with Crippen molar-refractivity contribution in [3.05, 3.63) is 40.5 Å². The van der Waals surface area contributed by atoms with E-state index < -0.39 is 71.3 Å². The molecule has 6 unspecified atom stereocenters. The third-order valence-corrected chi connectivity index (χ3v) is 8.24. The first-order valence-electron chi connectivity index (χ1n) is 11.9. The van der Waals surface area contributed by atoms with E-state index in [0.29, 0.717) is 32.1 Å². The first-order chi connectivity index (χ1) is 17.5. The number of amides is 6. The van der Waals surface area contributed by atoms with Crippen molar-refractivity contribution in [2.45, 2.75) is 32.6 Å². The van der Waals surface area contributed by atoms with Gasteiger partial charge in [-0.15, -0.1) is 0 Å². The number of aryl methyl sites for hydroxylation is 2. The van der Waals surface area contributed by atoms with E-state index in [9.17, 15) is 33.9 Å². The molecule has 2 aliphatic carbocycles. The first-order valence-corrected chi connectivity index (χ1v) is 11.9. The molecule has 194 valence electrons. The summed E-state index contributed by atoms with van der Waals surface area (Å²) < 4.78 is 9.33. The summed E-state index contributed by atoms with van der Waals surface area (Å²) in [5.41, 5.74) is 2.47. The van der Waals surface area contributed by atoms with Gasteiger partial charge in [0.15, 0.2) is 0 Å². The second kappa shape index (κ2) is 8.53. The number of aromatic hydroxyl groups is 1. The number of imide groups is 6. The number of carbonyl (C=O) groups is 6. The molecule has 0 aromatic heterocycles. The number of methoxy groups -OCH3 is 2. The first kappa shape index (κ1) is 24.7. The Morgan fingerprint density at radius 3 is 1.86 bits per heavy atom. The van der Waals surface area contributed by atoms with E-state index in [2.05, 4.69) is 9.47 Å². The number of rotatable bonds is 1. The Balaban J connectivity index is 1.66. The van der Waals surface area contributed by atoms with Crippen LogP contribution in [0.25, 0.3) is 0 Å². The minimum absolute atomic E-state index is 0.0519. The van der Waals surface area contributed by atoms with Gasteiger partial charge in [-0.25, -0.2) is 9.59 Å². The fourth-order valence-electron chi connectivity index (χ4n) is 6.67. The van der Waals surface area contributed by atoms with Gasteiger partial charge in [-0.3, -0.25) is 19.2 Å². The summed E-state index contributed by atoms with van der Waals surface area (Å²) in [5.74, 6) is -7.58. The largest absolute Gasteiger partial charge is 0.507 e. The number of fused-ring (bicyclic) bond motifs is 4. The second-order valence-electron chi connectivity index (χ2n) is 9.99. The predicted octanol–water partition coefficient (Wildman–Crippen LogP) is 2.18. The standard InChI is InChI=1S/C26H26N2O9/c1-10-7-12(8-11(2)20(10)29)17-13-5-6-14-18(23(32)27(21(14)30)25(34)36-3)15(13)9-16-19(17)24(33)28(22(16)31)26(35)37-4/h5,7-8,14-19,29H,6,9H2,1-4H3. The fraction of sp³-hybridized carbons (Fsp3) is 0.462. The van der Waals surface area contributed by atoms with Gasteiger partial charge in [-0.05, 0) is 49.3 Å². The Labute approximate surface area is 212 Å². The number of carbonyl (C=O) groups excluding carboxylic acids is 6. The molecule has 4 aliphatic rings. The minimum atomic E-state index is -1.08. The van der Waals surface area contributed by atoms with Crippen LogP contribution in [0.4, 0.5) is 9.59 Å². The Hall–Kier alpha value is -4.02. The lowest BCUT2D eigenvalue weighted by Crippen LogP contribution is -2.43. The molecule has 6 atom stereocenters. The van der Waals surface area contributed by atoms with Crippen LogP contribution in [0.5, 0.6) is 5.75 Å². The number of nitrogens with zero attached hydrogens (tertiary/aromatic N) is 2. The number of likely N-dealkylation sites (tertiary alicyclic amines) is 2. The number of allylic oxidation sites excluding steroid dienone is 2. The Kier molecular flexibility index (Phi) is 5.69. The summed E-state index contributed by atoms with van der Waals surface area (Å²) in [5, 5.41) is 10.3. The molecule has 11 heteroatoms. The number of hydrogen-bond donors (Lipinski definition) is 1. The van der Waals surface area contributed by atoms with Crippen LogP contribution in [0.1, 0.15) is 35.4 Å². The predicted molar refractivity (Wildman–Crippen MR) is 124 cm³/mol. The van der Waals surface area contributed by atoms with Crippen molar-refractivity contribution in [2.75, 3.05) is 14.2 Å². The van der Waals surface area contributed by atoms with Gasteiger partial charge in [-0.2, -0.15) is 9.80 Å². The van der Waals surface area contributed by atoms with E-state index >= 15 is 0 Å². The Bertz CT molecular complexity index is 1290. The van der Waals surface area contributed by atoms with Crippen molar-refractivity contribution in [1.29, 1.82) is 0 Å².